The highest BCUT2D eigenvalue weighted by Gasteiger charge is 2.48. The summed E-state index contributed by atoms with van der Waals surface area (Å²) >= 11 is 0. The maximum absolute atomic E-state index is 12.8. The molecular weight excluding hydrogens is 221 g/mol. The third kappa shape index (κ3) is 4.02. The van der Waals surface area contributed by atoms with Crippen LogP contribution in [0.5, 0.6) is 0 Å². The minimum atomic E-state index is -4.36. The van der Waals surface area contributed by atoms with Gasteiger partial charge in [0.05, 0.1) is 18.4 Å². The third-order valence-corrected chi connectivity index (χ3v) is 2.56. The lowest BCUT2D eigenvalue weighted by Gasteiger charge is -2.29. The summed E-state index contributed by atoms with van der Waals surface area (Å²) in [6, 6.07) is 0. The molecule has 2 nitrogen and oxygen atoms in total. The molecule has 0 unspecified atom stereocenters. The Morgan fingerprint density at radius 1 is 1.25 bits per heavy atom. The van der Waals surface area contributed by atoms with E-state index in [9.17, 15) is 18.0 Å². The van der Waals surface area contributed by atoms with Crippen LogP contribution < -0.4 is 0 Å². The van der Waals surface area contributed by atoms with Crippen LogP contribution in [0.4, 0.5) is 13.2 Å². The molecule has 0 aromatic heterocycles. The first-order chi connectivity index (χ1) is 7.25. The predicted octanol–water partition coefficient (Wildman–Crippen LogP) is 3.41. The fourth-order valence-electron chi connectivity index (χ4n) is 1.89. The first kappa shape index (κ1) is 15.3. The molecule has 0 heterocycles. The molecule has 16 heavy (non-hydrogen) atoms. The summed E-state index contributed by atoms with van der Waals surface area (Å²) in [6.45, 7) is 6.21. The zero-order chi connectivity index (χ0) is 12.9. The smallest absolute Gasteiger partial charge is 0.392 e. The molecule has 0 saturated heterocycles. The van der Waals surface area contributed by atoms with Gasteiger partial charge in [0.1, 0.15) is 0 Å². The summed E-state index contributed by atoms with van der Waals surface area (Å²) in [5.74, 6) is -4.10. The SMILES string of the molecule is CCOC(=O)[C@@H](CC)[C@@H](C(C)C)C(F)(F)F. The lowest BCUT2D eigenvalue weighted by atomic mass is 9.81. The van der Waals surface area contributed by atoms with Crippen molar-refractivity contribution in [3.8, 4) is 0 Å². The van der Waals surface area contributed by atoms with Gasteiger partial charge in [0.15, 0.2) is 0 Å². The Balaban J connectivity index is 4.93. The van der Waals surface area contributed by atoms with Gasteiger partial charge in [-0.25, -0.2) is 0 Å². The lowest BCUT2D eigenvalue weighted by molar-refractivity contribution is -0.209. The maximum Gasteiger partial charge on any atom is 0.392 e. The van der Waals surface area contributed by atoms with Crippen molar-refractivity contribution in [1.82, 2.24) is 0 Å². The summed E-state index contributed by atoms with van der Waals surface area (Å²) in [6.07, 6.45) is -4.22. The van der Waals surface area contributed by atoms with Crippen molar-refractivity contribution in [2.75, 3.05) is 6.61 Å². The van der Waals surface area contributed by atoms with Crippen LogP contribution in [0.25, 0.3) is 0 Å². The molecule has 0 saturated carbocycles. The molecule has 0 amide bonds. The monoisotopic (exact) mass is 240 g/mol. The summed E-state index contributed by atoms with van der Waals surface area (Å²) < 4.78 is 43.1. The van der Waals surface area contributed by atoms with Crippen LogP contribution in [0.1, 0.15) is 34.1 Å². The highest BCUT2D eigenvalue weighted by Crippen LogP contribution is 2.39. The first-order valence-corrected chi connectivity index (χ1v) is 5.49. The van der Waals surface area contributed by atoms with Crippen LogP contribution in [0.15, 0.2) is 0 Å². The number of carbonyl (C=O) groups is 1. The number of hydrogen-bond donors (Lipinski definition) is 0. The fourth-order valence-corrected chi connectivity index (χ4v) is 1.89. The predicted molar refractivity (Wildman–Crippen MR) is 54.8 cm³/mol. The molecule has 0 aromatic carbocycles. The molecule has 0 aliphatic heterocycles. The molecule has 0 spiro atoms. The standard InChI is InChI=1S/C11H19F3O2/c1-5-8(10(15)16-6-2)9(7(3)4)11(12,13)14/h7-9H,5-6H2,1-4H3/t8-,9+/m0/s1. The molecular formula is C11H19F3O2. The van der Waals surface area contributed by atoms with Crippen molar-refractivity contribution in [2.24, 2.45) is 17.8 Å². The van der Waals surface area contributed by atoms with Crippen LogP contribution >= 0.6 is 0 Å². The van der Waals surface area contributed by atoms with Crippen molar-refractivity contribution in [3.05, 3.63) is 0 Å². The van der Waals surface area contributed by atoms with Gasteiger partial charge >= 0.3 is 12.1 Å². The van der Waals surface area contributed by atoms with Crippen LogP contribution in [-0.2, 0) is 9.53 Å². The molecule has 0 N–H and O–H groups in total. The van der Waals surface area contributed by atoms with E-state index in [2.05, 4.69) is 4.74 Å². The summed E-state index contributed by atoms with van der Waals surface area (Å²) in [7, 11) is 0. The van der Waals surface area contributed by atoms with Crippen LogP contribution in [0.2, 0.25) is 0 Å². The minimum absolute atomic E-state index is 0.109. The van der Waals surface area contributed by atoms with Crippen molar-refractivity contribution >= 4 is 5.97 Å². The van der Waals surface area contributed by atoms with Gasteiger partial charge in [0, 0.05) is 0 Å². The summed E-state index contributed by atoms with van der Waals surface area (Å²) in [4.78, 5) is 11.4. The molecule has 0 aliphatic rings. The van der Waals surface area contributed by atoms with E-state index < -0.39 is 29.9 Å². The second-order valence-electron chi connectivity index (χ2n) is 4.08. The number of hydrogen-bond acceptors (Lipinski definition) is 2. The zero-order valence-corrected chi connectivity index (χ0v) is 10.1. The van der Waals surface area contributed by atoms with E-state index >= 15 is 0 Å². The molecule has 0 rings (SSSR count). The van der Waals surface area contributed by atoms with E-state index in [1.807, 2.05) is 0 Å². The number of esters is 1. The van der Waals surface area contributed by atoms with E-state index in [-0.39, 0.29) is 13.0 Å². The molecule has 0 radical (unpaired) electrons. The van der Waals surface area contributed by atoms with Crippen molar-refractivity contribution < 1.29 is 22.7 Å². The number of alkyl halides is 3. The molecule has 96 valence electrons. The van der Waals surface area contributed by atoms with Crippen molar-refractivity contribution in [2.45, 2.75) is 40.3 Å². The van der Waals surface area contributed by atoms with Crippen LogP contribution in [-0.4, -0.2) is 18.8 Å². The molecule has 0 fully saturated rings. The summed E-state index contributed by atoms with van der Waals surface area (Å²) in [5, 5.41) is 0. The van der Waals surface area contributed by atoms with Gasteiger partial charge in [-0.1, -0.05) is 20.8 Å². The van der Waals surface area contributed by atoms with Gasteiger partial charge in [0.25, 0.3) is 0 Å². The van der Waals surface area contributed by atoms with Gasteiger partial charge in [0.2, 0.25) is 0 Å². The third-order valence-electron chi connectivity index (χ3n) is 2.56. The normalized spacial score (nSPS) is 16.0. The molecule has 0 aliphatic carbocycles. The molecule has 0 bridgehead atoms. The Hall–Kier alpha value is -0.740. The Bertz CT molecular complexity index is 224. The average molecular weight is 240 g/mol. The zero-order valence-electron chi connectivity index (χ0n) is 10.1. The Kier molecular flexibility index (Phi) is 5.83. The minimum Gasteiger partial charge on any atom is -0.466 e. The van der Waals surface area contributed by atoms with E-state index in [4.69, 9.17) is 0 Å². The lowest BCUT2D eigenvalue weighted by Crippen LogP contribution is -2.39. The van der Waals surface area contributed by atoms with E-state index in [0.717, 1.165) is 0 Å². The Labute approximate surface area is 94.2 Å². The molecule has 5 heteroatoms. The van der Waals surface area contributed by atoms with Crippen molar-refractivity contribution in [3.63, 3.8) is 0 Å². The van der Waals surface area contributed by atoms with Gasteiger partial charge in [-0.05, 0) is 19.3 Å². The van der Waals surface area contributed by atoms with E-state index in [1.54, 1.807) is 13.8 Å². The number of rotatable bonds is 5. The fraction of sp³-hybridized carbons (Fsp3) is 0.909. The second kappa shape index (κ2) is 6.11. The Morgan fingerprint density at radius 2 is 1.75 bits per heavy atom. The van der Waals surface area contributed by atoms with Gasteiger partial charge < -0.3 is 4.74 Å². The Morgan fingerprint density at radius 3 is 2.00 bits per heavy atom. The topological polar surface area (TPSA) is 26.3 Å². The van der Waals surface area contributed by atoms with E-state index in [1.165, 1.54) is 13.8 Å². The van der Waals surface area contributed by atoms with Gasteiger partial charge in [-0.2, -0.15) is 13.2 Å². The van der Waals surface area contributed by atoms with Gasteiger partial charge in [-0.15, -0.1) is 0 Å². The number of carbonyl (C=O) groups excluding carboxylic acids is 1. The second-order valence-corrected chi connectivity index (χ2v) is 4.08. The van der Waals surface area contributed by atoms with Gasteiger partial charge in [-0.3, -0.25) is 4.79 Å². The number of halogens is 3. The largest absolute Gasteiger partial charge is 0.466 e. The maximum atomic E-state index is 12.8. The molecule has 2 atom stereocenters. The van der Waals surface area contributed by atoms with Crippen molar-refractivity contribution in [1.29, 1.82) is 0 Å². The number of ether oxygens (including phenoxy) is 1. The van der Waals surface area contributed by atoms with E-state index in [0.29, 0.717) is 0 Å². The van der Waals surface area contributed by atoms with Crippen LogP contribution in [0, 0.1) is 17.8 Å². The highest BCUT2D eigenvalue weighted by atomic mass is 19.4. The highest BCUT2D eigenvalue weighted by molar-refractivity contribution is 5.72. The quantitative estimate of drug-likeness (QED) is 0.688. The first-order valence-electron chi connectivity index (χ1n) is 5.49. The molecule has 0 aromatic rings. The summed E-state index contributed by atoms with van der Waals surface area (Å²) in [5.41, 5.74) is 0. The average Bonchev–Trinajstić information content (AvgIpc) is 2.11. The van der Waals surface area contributed by atoms with Crippen LogP contribution in [0.3, 0.4) is 0 Å².